The van der Waals surface area contributed by atoms with Gasteiger partial charge in [-0.25, -0.2) is 0 Å². The normalized spacial score (nSPS) is 41.1. The Morgan fingerprint density at radius 1 is 0.684 bits per heavy atom. The molecular formula is C19H36. The van der Waals surface area contributed by atoms with Gasteiger partial charge in [0.1, 0.15) is 0 Å². The van der Waals surface area contributed by atoms with Gasteiger partial charge in [-0.1, -0.05) is 66.2 Å². The minimum Gasteiger partial charge on any atom is -0.0625 e. The molecule has 3 aliphatic rings. The molecule has 4 unspecified atom stereocenters. The molecule has 3 fully saturated rings. The summed E-state index contributed by atoms with van der Waals surface area (Å²) in [6.07, 6.45) is 14.9. The van der Waals surface area contributed by atoms with Crippen LogP contribution in [0.1, 0.15) is 91.9 Å². The predicted molar refractivity (Wildman–Crippen MR) is 85.3 cm³/mol. The number of rotatable bonds is 0. The van der Waals surface area contributed by atoms with Gasteiger partial charge >= 0.3 is 0 Å². The zero-order chi connectivity index (χ0) is 13.9. The molecule has 0 N–H and O–H groups in total. The smallest absolute Gasteiger partial charge is 0.0349 e. The minimum absolute atomic E-state index is 0.592. The summed E-state index contributed by atoms with van der Waals surface area (Å²) in [4.78, 5) is 0. The minimum atomic E-state index is 0.592. The van der Waals surface area contributed by atoms with Crippen LogP contribution in [-0.2, 0) is 0 Å². The van der Waals surface area contributed by atoms with Gasteiger partial charge in [0.25, 0.3) is 0 Å². The van der Waals surface area contributed by atoms with E-state index in [1.54, 1.807) is 0 Å². The second kappa shape index (κ2) is 6.64. The van der Waals surface area contributed by atoms with Gasteiger partial charge in [-0.05, 0) is 54.8 Å². The topological polar surface area (TPSA) is 0 Å². The van der Waals surface area contributed by atoms with E-state index in [2.05, 4.69) is 27.7 Å². The third kappa shape index (κ3) is 5.12. The highest BCUT2D eigenvalue weighted by Gasteiger charge is 2.31. The molecule has 2 bridgehead atoms. The molecule has 0 heterocycles. The average molecular weight is 264 g/mol. The summed E-state index contributed by atoms with van der Waals surface area (Å²) in [6, 6.07) is 0. The van der Waals surface area contributed by atoms with Crippen molar-refractivity contribution in [2.24, 2.45) is 29.1 Å². The molecule has 0 saturated heterocycles. The first-order chi connectivity index (χ1) is 8.94. The molecule has 0 aromatic carbocycles. The van der Waals surface area contributed by atoms with Crippen molar-refractivity contribution in [1.29, 1.82) is 0 Å². The largest absolute Gasteiger partial charge is 0.0625 e. The van der Waals surface area contributed by atoms with Gasteiger partial charge in [-0.15, -0.1) is 0 Å². The maximum atomic E-state index is 2.54. The van der Waals surface area contributed by atoms with E-state index in [4.69, 9.17) is 0 Å². The highest BCUT2D eigenvalue weighted by Crippen LogP contribution is 2.43. The molecular weight excluding hydrogens is 228 g/mol. The van der Waals surface area contributed by atoms with Crippen molar-refractivity contribution in [3.05, 3.63) is 0 Å². The fraction of sp³-hybridized carbons (Fsp3) is 1.00. The number of hydrogen-bond acceptors (Lipinski definition) is 0. The molecule has 0 amide bonds. The summed E-state index contributed by atoms with van der Waals surface area (Å²) in [5.74, 6) is 3.95. The molecule has 0 aliphatic heterocycles. The first-order valence-electron chi connectivity index (χ1n) is 8.94. The fourth-order valence-corrected chi connectivity index (χ4v) is 5.14. The first kappa shape index (κ1) is 15.4. The van der Waals surface area contributed by atoms with Gasteiger partial charge in [0.2, 0.25) is 0 Å². The summed E-state index contributed by atoms with van der Waals surface area (Å²) in [7, 11) is 0. The van der Waals surface area contributed by atoms with Crippen molar-refractivity contribution in [2.75, 3.05) is 0 Å². The van der Waals surface area contributed by atoms with Crippen molar-refractivity contribution in [3.63, 3.8) is 0 Å². The summed E-state index contributed by atoms with van der Waals surface area (Å²) < 4.78 is 0. The highest BCUT2D eigenvalue weighted by atomic mass is 14.4. The molecule has 4 atom stereocenters. The zero-order valence-corrected chi connectivity index (χ0v) is 13.9. The van der Waals surface area contributed by atoms with Crippen molar-refractivity contribution in [1.82, 2.24) is 0 Å². The van der Waals surface area contributed by atoms with E-state index >= 15 is 0 Å². The van der Waals surface area contributed by atoms with Crippen LogP contribution in [0.3, 0.4) is 0 Å². The quantitative estimate of drug-likeness (QED) is 0.472. The molecule has 19 heavy (non-hydrogen) atoms. The maximum absolute atomic E-state index is 2.54. The Labute approximate surface area is 121 Å². The van der Waals surface area contributed by atoms with E-state index in [-0.39, 0.29) is 0 Å². The Morgan fingerprint density at radius 2 is 1.11 bits per heavy atom. The summed E-state index contributed by atoms with van der Waals surface area (Å²) in [6.45, 7) is 10.1. The Kier molecular flexibility index (Phi) is 5.37. The molecule has 3 rings (SSSR count). The molecule has 0 aromatic heterocycles. The van der Waals surface area contributed by atoms with Crippen LogP contribution in [0.2, 0.25) is 0 Å². The van der Waals surface area contributed by atoms with Crippen LogP contribution in [0.4, 0.5) is 0 Å². The second-order valence-electron chi connectivity index (χ2n) is 8.85. The van der Waals surface area contributed by atoms with Gasteiger partial charge in [-0.2, -0.15) is 0 Å². The Bertz CT molecular complexity index is 241. The van der Waals surface area contributed by atoms with Crippen LogP contribution >= 0.6 is 0 Å². The van der Waals surface area contributed by atoms with Gasteiger partial charge in [0.05, 0.1) is 0 Å². The van der Waals surface area contributed by atoms with Gasteiger partial charge < -0.3 is 0 Å². The molecule has 3 saturated carbocycles. The van der Waals surface area contributed by atoms with Gasteiger partial charge in [0, 0.05) is 0 Å². The van der Waals surface area contributed by atoms with E-state index < -0.39 is 0 Å². The van der Waals surface area contributed by atoms with Crippen LogP contribution in [0.25, 0.3) is 0 Å². The SMILES string of the molecule is CC1CCCC(C)CC2CCCC(C1)CC(C)(C)C2. The lowest BCUT2D eigenvalue weighted by Gasteiger charge is -2.38. The number of hydrogen-bond donors (Lipinski definition) is 0. The lowest BCUT2D eigenvalue weighted by atomic mass is 9.67. The third-order valence-electron chi connectivity index (χ3n) is 5.77. The highest BCUT2D eigenvalue weighted by molar-refractivity contribution is 4.82. The Morgan fingerprint density at radius 3 is 1.58 bits per heavy atom. The lowest BCUT2D eigenvalue weighted by molar-refractivity contribution is 0.134. The predicted octanol–water partition coefficient (Wildman–Crippen LogP) is 6.45. The van der Waals surface area contributed by atoms with Gasteiger partial charge in [-0.3, -0.25) is 0 Å². The first-order valence-corrected chi connectivity index (χ1v) is 8.94. The molecule has 3 aliphatic carbocycles. The van der Waals surface area contributed by atoms with E-state index in [1.807, 2.05) is 0 Å². The van der Waals surface area contributed by atoms with E-state index in [0.717, 1.165) is 23.7 Å². The van der Waals surface area contributed by atoms with Crippen LogP contribution in [0.15, 0.2) is 0 Å². The molecule has 0 heteroatoms. The third-order valence-corrected chi connectivity index (χ3v) is 5.77. The zero-order valence-electron chi connectivity index (χ0n) is 13.9. The lowest BCUT2D eigenvalue weighted by Crippen LogP contribution is -2.26. The fourth-order valence-electron chi connectivity index (χ4n) is 5.14. The molecule has 0 radical (unpaired) electrons. The van der Waals surface area contributed by atoms with Crippen LogP contribution in [0, 0.1) is 29.1 Å². The van der Waals surface area contributed by atoms with Crippen LogP contribution < -0.4 is 0 Å². The molecule has 0 nitrogen and oxygen atoms in total. The van der Waals surface area contributed by atoms with Crippen LogP contribution in [-0.4, -0.2) is 0 Å². The van der Waals surface area contributed by atoms with E-state index in [9.17, 15) is 0 Å². The molecule has 0 aromatic rings. The van der Waals surface area contributed by atoms with E-state index in [1.165, 1.54) is 64.2 Å². The van der Waals surface area contributed by atoms with E-state index in [0.29, 0.717) is 5.41 Å². The van der Waals surface area contributed by atoms with Crippen LogP contribution in [0.5, 0.6) is 0 Å². The molecule has 0 spiro atoms. The monoisotopic (exact) mass is 264 g/mol. The summed E-state index contributed by atoms with van der Waals surface area (Å²) in [5.41, 5.74) is 0.592. The average Bonchev–Trinajstić information content (AvgIpc) is 2.23. The standard InChI is InChI=1S/C19H36/c1-15-7-5-8-16(2)12-18-10-6-9-17(11-15)13-19(3,4)14-18/h15-18H,5-14H2,1-4H3. The van der Waals surface area contributed by atoms with Crippen molar-refractivity contribution in [3.8, 4) is 0 Å². The maximum Gasteiger partial charge on any atom is -0.0349 e. The summed E-state index contributed by atoms with van der Waals surface area (Å²) in [5, 5.41) is 0. The number of fused-ring (bicyclic) bond motifs is 10. The van der Waals surface area contributed by atoms with Crippen molar-refractivity contribution < 1.29 is 0 Å². The molecule has 112 valence electrons. The van der Waals surface area contributed by atoms with Gasteiger partial charge in [0.15, 0.2) is 0 Å². The Balaban J connectivity index is 2.10. The van der Waals surface area contributed by atoms with Crippen molar-refractivity contribution in [2.45, 2.75) is 91.9 Å². The second-order valence-corrected chi connectivity index (χ2v) is 8.85. The van der Waals surface area contributed by atoms with Crippen molar-refractivity contribution >= 4 is 0 Å². The summed E-state index contributed by atoms with van der Waals surface area (Å²) >= 11 is 0. The Hall–Kier alpha value is 0.